The average molecular weight is 212 g/mol. The van der Waals surface area contributed by atoms with Crippen LogP contribution in [0, 0.1) is 11.3 Å². The van der Waals surface area contributed by atoms with Gasteiger partial charge in [-0.1, -0.05) is 20.8 Å². The lowest BCUT2D eigenvalue weighted by molar-refractivity contribution is 0.225. The topological polar surface area (TPSA) is 15.3 Å². The first-order chi connectivity index (χ1) is 6.89. The molecule has 1 rings (SSSR count). The highest BCUT2D eigenvalue weighted by Crippen LogP contribution is 2.25. The first-order valence-corrected chi connectivity index (χ1v) is 6.27. The minimum Gasteiger partial charge on any atom is -0.313 e. The van der Waals surface area contributed by atoms with Crippen molar-refractivity contribution in [3.8, 4) is 0 Å². The van der Waals surface area contributed by atoms with Crippen LogP contribution in [0.5, 0.6) is 0 Å². The van der Waals surface area contributed by atoms with Gasteiger partial charge in [-0.15, -0.1) is 0 Å². The maximum absolute atomic E-state index is 3.73. The molecule has 0 spiro atoms. The molecule has 0 aliphatic heterocycles. The monoisotopic (exact) mass is 212 g/mol. The Morgan fingerprint density at radius 1 is 1.27 bits per heavy atom. The molecule has 15 heavy (non-hydrogen) atoms. The SMILES string of the molecule is C[C@@H]1CC[C@@H](NCC(C)(C)CN(C)C)C1. The predicted octanol–water partition coefficient (Wildman–Crippen LogP) is 2.35. The van der Waals surface area contributed by atoms with Gasteiger partial charge < -0.3 is 10.2 Å². The van der Waals surface area contributed by atoms with Gasteiger partial charge in [0.25, 0.3) is 0 Å². The molecule has 0 radical (unpaired) electrons. The van der Waals surface area contributed by atoms with Crippen molar-refractivity contribution in [1.82, 2.24) is 10.2 Å². The number of hydrogen-bond acceptors (Lipinski definition) is 2. The van der Waals surface area contributed by atoms with E-state index in [0.29, 0.717) is 5.41 Å². The summed E-state index contributed by atoms with van der Waals surface area (Å²) in [6.45, 7) is 9.36. The van der Waals surface area contributed by atoms with Crippen LogP contribution in [-0.4, -0.2) is 38.1 Å². The van der Waals surface area contributed by atoms with Crippen molar-refractivity contribution >= 4 is 0 Å². The summed E-state index contributed by atoms with van der Waals surface area (Å²) >= 11 is 0. The fourth-order valence-corrected chi connectivity index (χ4v) is 2.73. The molecule has 0 aromatic heterocycles. The number of nitrogens with one attached hydrogen (secondary N) is 1. The lowest BCUT2D eigenvalue weighted by Gasteiger charge is -2.30. The van der Waals surface area contributed by atoms with E-state index in [-0.39, 0.29) is 0 Å². The molecule has 0 heterocycles. The van der Waals surface area contributed by atoms with Crippen LogP contribution < -0.4 is 5.32 Å². The van der Waals surface area contributed by atoms with Gasteiger partial charge >= 0.3 is 0 Å². The molecular formula is C13H28N2. The zero-order valence-corrected chi connectivity index (χ0v) is 11.1. The Bertz CT molecular complexity index is 187. The van der Waals surface area contributed by atoms with Crippen molar-refractivity contribution < 1.29 is 0 Å². The number of hydrogen-bond donors (Lipinski definition) is 1. The second kappa shape index (κ2) is 5.31. The van der Waals surface area contributed by atoms with Crippen LogP contribution in [0.2, 0.25) is 0 Å². The first-order valence-electron chi connectivity index (χ1n) is 6.27. The van der Waals surface area contributed by atoms with E-state index in [4.69, 9.17) is 0 Å². The molecule has 0 amide bonds. The summed E-state index contributed by atoms with van der Waals surface area (Å²) in [5.41, 5.74) is 0.384. The van der Waals surface area contributed by atoms with Crippen molar-refractivity contribution in [2.24, 2.45) is 11.3 Å². The van der Waals surface area contributed by atoms with Crippen LogP contribution in [0.1, 0.15) is 40.0 Å². The molecule has 0 saturated heterocycles. The van der Waals surface area contributed by atoms with Gasteiger partial charge in [0.2, 0.25) is 0 Å². The lowest BCUT2D eigenvalue weighted by atomic mass is 9.92. The van der Waals surface area contributed by atoms with E-state index in [9.17, 15) is 0 Å². The highest BCUT2D eigenvalue weighted by molar-refractivity contribution is 4.82. The highest BCUT2D eigenvalue weighted by atomic mass is 15.1. The summed E-state index contributed by atoms with van der Waals surface area (Å²) in [5.74, 6) is 0.930. The fraction of sp³-hybridized carbons (Fsp3) is 1.00. The Hall–Kier alpha value is -0.0800. The Balaban J connectivity index is 2.23. The number of rotatable bonds is 5. The molecule has 1 aliphatic carbocycles. The van der Waals surface area contributed by atoms with Gasteiger partial charge in [-0.05, 0) is 44.7 Å². The molecule has 0 aromatic carbocycles. The van der Waals surface area contributed by atoms with Gasteiger partial charge in [-0.2, -0.15) is 0 Å². The second-order valence-corrected chi connectivity index (χ2v) is 6.40. The van der Waals surface area contributed by atoms with Crippen molar-refractivity contribution in [2.75, 3.05) is 27.2 Å². The minimum absolute atomic E-state index is 0.384. The third-order valence-corrected chi connectivity index (χ3v) is 3.31. The minimum atomic E-state index is 0.384. The van der Waals surface area contributed by atoms with Crippen molar-refractivity contribution in [2.45, 2.75) is 46.1 Å². The largest absolute Gasteiger partial charge is 0.313 e. The molecule has 90 valence electrons. The molecule has 1 saturated carbocycles. The molecule has 0 bridgehead atoms. The third kappa shape index (κ3) is 4.98. The molecule has 2 heteroatoms. The van der Waals surface area contributed by atoms with Gasteiger partial charge in [0.1, 0.15) is 0 Å². The third-order valence-electron chi connectivity index (χ3n) is 3.31. The van der Waals surface area contributed by atoms with Gasteiger partial charge in [0.15, 0.2) is 0 Å². The smallest absolute Gasteiger partial charge is 0.00699 e. The van der Waals surface area contributed by atoms with E-state index in [2.05, 4.69) is 45.1 Å². The molecule has 2 nitrogen and oxygen atoms in total. The van der Waals surface area contributed by atoms with E-state index in [0.717, 1.165) is 25.0 Å². The summed E-state index contributed by atoms with van der Waals surface area (Å²) in [6.07, 6.45) is 4.16. The van der Waals surface area contributed by atoms with Gasteiger partial charge in [0, 0.05) is 19.1 Å². The maximum Gasteiger partial charge on any atom is 0.00699 e. The summed E-state index contributed by atoms with van der Waals surface area (Å²) in [5, 5.41) is 3.73. The normalized spacial score (nSPS) is 27.6. The molecule has 0 aromatic rings. The molecule has 2 atom stereocenters. The zero-order valence-electron chi connectivity index (χ0n) is 11.1. The second-order valence-electron chi connectivity index (χ2n) is 6.40. The van der Waals surface area contributed by atoms with Crippen LogP contribution in [0.4, 0.5) is 0 Å². The zero-order chi connectivity index (χ0) is 11.5. The maximum atomic E-state index is 3.73. The molecule has 1 fully saturated rings. The van der Waals surface area contributed by atoms with Crippen LogP contribution >= 0.6 is 0 Å². The van der Waals surface area contributed by atoms with Crippen LogP contribution in [0.25, 0.3) is 0 Å². The van der Waals surface area contributed by atoms with Crippen LogP contribution in [0.3, 0.4) is 0 Å². The van der Waals surface area contributed by atoms with E-state index in [1.807, 2.05) is 0 Å². The molecule has 1 N–H and O–H groups in total. The highest BCUT2D eigenvalue weighted by Gasteiger charge is 2.24. The van der Waals surface area contributed by atoms with E-state index in [1.165, 1.54) is 19.3 Å². The summed E-state index contributed by atoms with van der Waals surface area (Å²) in [7, 11) is 4.30. The van der Waals surface area contributed by atoms with E-state index >= 15 is 0 Å². The average Bonchev–Trinajstić information content (AvgIpc) is 2.46. The standard InChI is InChI=1S/C13H28N2/c1-11-6-7-12(8-11)14-9-13(2,3)10-15(4)5/h11-12,14H,6-10H2,1-5H3/t11-,12-/m1/s1. The van der Waals surface area contributed by atoms with Gasteiger partial charge in [-0.25, -0.2) is 0 Å². The lowest BCUT2D eigenvalue weighted by Crippen LogP contribution is -2.41. The quantitative estimate of drug-likeness (QED) is 0.752. The predicted molar refractivity (Wildman–Crippen MR) is 67.1 cm³/mol. The van der Waals surface area contributed by atoms with E-state index in [1.54, 1.807) is 0 Å². The molecular weight excluding hydrogens is 184 g/mol. The molecule has 1 aliphatic rings. The summed E-state index contributed by atoms with van der Waals surface area (Å²) in [4.78, 5) is 2.28. The fourth-order valence-electron chi connectivity index (χ4n) is 2.73. The van der Waals surface area contributed by atoms with Crippen LogP contribution in [0.15, 0.2) is 0 Å². The van der Waals surface area contributed by atoms with Crippen LogP contribution in [-0.2, 0) is 0 Å². The summed E-state index contributed by atoms with van der Waals surface area (Å²) in [6, 6.07) is 0.779. The Labute approximate surface area is 95.4 Å². The Morgan fingerprint density at radius 2 is 1.93 bits per heavy atom. The first kappa shape index (κ1) is 13.0. The van der Waals surface area contributed by atoms with Crippen molar-refractivity contribution in [3.63, 3.8) is 0 Å². The molecule has 0 unspecified atom stereocenters. The number of nitrogens with zero attached hydrogens (tertiary/aromatic N) is 1. The Morgan fingerprint density at radius 3 is 2.40 bits per heavy atom. The Kier molecular flexibility index (Phi) is 4.60. The van der Waals surface area contributed by atoms with Crippen molar-refractivity contribution in [1.29, 1.82) is 0 Å². The summed E-state index contributed by atoms with van der Waals surface area (Å²) < 4.78 is 0. The van der Waals surface area contributed by atoms with Gasteiger partial charge in [0.05, 0.1) is 0 Å². The van der Waals surface area contributed by atoms with Crippen molar-refractivity contribution in [3.05, 3.63) is 0 Å². The van der Waals surface area contributed by atoms with Gasteiger partial charge in [-0.3, -0.25) is 0 Å². The van der Waals surface area contributed by atoms with E-state index < -0.39 is 0 Å².